The maximum atomic E-state index is 13.0. The Morgan fingerprint density at radius 3 is 2.74 bits per heavy atom. The number of carbonyl (C=O) groups excluding carboxylic acids is 1. The molecule has 1 aromatic carbocycles. The number of halogens is 1. The van der Waals surface area contributed by atoms with Gasteiger partial charge in [-0.25, -0.2) is 0 Å². The van der Waals surface area contributed by atoms with Crippen LogP contribution in [0.25, 0.3) is 0 Å². The lowest BCUT2D eigenvalue weighted by Gasteiger charge is -2.34. The molecule has 0 saturated heterocycles. The molecule has 0 fully saturated rings. The van der Waals surface area contributed by atoms with Crippen LogP contribution in [0.3, 0.4) is 0 Å². The number of thiophene rings is 1. The third-order valence-corrected chi connectivity index (χ3v) is 7.45. The number of fused-ring (bicyclic) bond motifs is 3. The molecule has 2 N–H and O–H groups in total. The number of carbonyl (C=O) groups is 1. The van der Waals surface area contributed by atoms with E-state index >= 15 is 0 Å². The van der Waals surface area contributed by atoms with E-state index in [1.54, 1.807) is 18.4 Å². The first-order valence-corrected chi connectivity index (χ1v) is 10.9. The summed E-state index contributed by atoms with van der Waals surface area (Å²) in [6.45, 7) is 6.95. The molecule has 27 heavy (non-hydrogen) atoms. The van der Waals surface area contributed by atoms with E-state index in [2.05, 4.69) is 47.3 Å². The van der Waals surface area contributed by atoms with Crippen molar-refractivity contribution >= 4 is 38.2 Å². The normalized spacial score (nSPS) is 21.7. The summed E-state index contributed by atoms with van der Waals surface area (Å²) in [6, 6.07) is 5.84. The zero-order valence-corrected chi connectivity index (χ0v) is 18.5. The average Bonchev–Trinajstić information content (AvgIpc) is 2.98. The lowest BCUT2D eigenvalue weighted by Crippen LogP contribution is -2.38. The number of amides is 1. The second kappa shape index (κ2) is 6.82. The third kappa shape index (κ3) is 3.38. The van der Waals surface area contributed by atoms with Gasteiger partial charge in [0.2, 0.25) is 0 Å². The first-order valence-electron chi connectivity index (χ1n) is 9.33. The van der Waals surface area contributed by atoms with E-state index in [0.717, 1.165) is 45.6 Å². The molecular formula is C21H25BrN2O2S. The van der Waals surface area contributed by atoms with Crippen molar-refractivity contribution in [2.75, 3.05) is 12.4 Å². The van der Waals surface area contributed by atoms with Crippen molar-refractivity contribution in [3.63, 3.8) is 0 Å². The van der Waals surface area contributed by atoms with Gasteiger partial charge < -0.3 is 15.4 Å². The molecule has 2 aliphatic rings. The molecule has 1 amide bonds. The number of methoxy groups -OCH3 is 1. The van der Waals surface area contributed by atoms with Gasteiger partial charge in [0, 0.05) is 14.9 Å². The van der Waals surface area contributed by atoms with Crippen molar-refractivity contribution in [2.45, 2.75) is 46.2 Å². The summed E-state index contributed by atoms with van der Waals surface area (Å²) in [4.78, 5) is 14.3. The predicted molar refractivity (Wildman–Crippen MR) is 114 cm³/mol. The van der Waals surface area contributed by atoms with Crippen molar-refractivity contribution < 1.29 is 9.53 Å². The molecular weight excluding hydrogens is 424 g/mol. The van der Waals surface area contributed by atoms with Crippen molar-refractivity contribution in [1.82, 2.24) is 5.32 Å². The minimum absolute atomic E-state index is 0.0162. The summed E-state index contributed by atoms with van der Waals surface area (Å²) in [5, 5.41) is 7.66. The van der Waals surface area contributed by atoms with Crippen LogP contribution in [0.2, 0.25) is 0 Å². The highest BCUT2D eigenvalue weighted by atomic mass is 79.9. The molecule has 1 aliphatic carbocycles. The Kier molecular flexibility index (Phi) is 4.75. The van der Waals surface area contributed by atoms with E-state index in [-0.39, 0.29) is 12.1 Å². The zero-order valence-electron chi connectivity index (χ0n) is 16.1. The van der Waals surface area contributed by atoms with Gasteiger partial charge in [-0.05, 0) is 54.4 Å². The minimum Gasteiger partial charge on any atom is -0.496 e. The van der Waals surface area contributed by atoms with Gasteiger partial charge in [-0.3, -0.25) is 4.79 Å². The highest BCUT2D eigenvalue weighted by molar-refractivity contribution is 9.10. The molecule has 144 valence electrons. The van der Waals surface area contributed by atoms with Gasteiger partial charge in [-0.15, -0.1) is 11.3 Å². The lowest BCUT2D eigenvalue weighted by atomic mass is 9.72. The molecule has 6 heteroatoms. The number of anilines is 1. The van der Waals surface area contributed by atoms with E-state index in [9.17, 15) is 4.79 Å². The van der Waals surface area contributed by atoms with E-state index < -0.39 is 0 Å². The molecule has 1 aromatic heterocycles. The first-order chi connectivity index (χ1) is 12.8. The molecule has 0 radical (unpaired) electrons. The molecule has 2 atom stereocenters. The number of rotatable bonds is 2. The van der Waals surface area contributed by atoms with Crippen LogP contribution >= 0.6 is 27.3 Å². The molecule has 0 unspecified atom stereocenters. The molecule has 2 heterocycles. The molecule has 4 rings (SSSR count). The molecule has 0 saturated carbocycles. The van der Waals surface area contributed by atoms with Crippen LogP contribution in [-0.4, -0.2) is 13.0 Å². The summed E-state index contributed by atoms with van der Waals surface area (Å²) >= 11 is 5.27. The van der Waals surface area contributed by atoms with E-state index in [0.29, 0.717) is 11.3 Å². The fourth-order valence-corrected chi connectivity index (χ4v) is 5.86. The zero-order chi connectivity index (χ0) is 19.3. The van der Waals surface area contributed by atoms with Crippen LogP contribution in [0.1, 0.15) is 59.7 Å². The van der Waals surface area contributed by atoms with E-state index in [1.807, 2.05) is 18.2 Å². The highest BCUT2D eigenvalue weighted by Crippen LogP contribution is 2.46. The fourth-order valence-electron chi connectivity index (χ4n) is 4.12. The lowest BCUT2D eigenvalue weighted by molar-refractivity contribution is 0.0934. The molecule has 0 spiro atoms. The largest absolute Gasteiger partial charge is 0.496 e. The van der Waals surface area contributed by atoms with Crippen molar-refractivity contribution in [3.05, 3.63) is 44.2 Å². The second-order valence-electron chi connectivity index (χ2n) is 8.45. The van der Waals surface area contributed by atoms with Crippen molar-refractivity contribution in [3.8, 4) is 5.75 Å². The summed E-state index contributed by atoms with van der Waals surface area (Å²) < 4.78 is 6.46. The standard InChI is InChI=1S/C21H25BrN2O2S/c1-21(2,3)11-5-7-13-16(9-11)27-20-17(13)19(25)23-18(24-20)14-10-12(22)6-8-15(14)26-4/h6,8,10-11,18,24H,5,7,9H2,1-4H3,(H,23,25)/t11-,18+/m0/s1. The maximum absolute atomic E-state index is 13.0. The minimum atomic E-state index is -0.295. The predicted octanol–water partition coefficient (Wildman–Crippen LogP) is 5.52. The number of hydrogen-bond donors (Lipinski definition) is 2. The quantitative estimate of drug-likeness (QED) is 0.635. The van der Waals surface area contributed by atoms with Gasteiger partial charge in [0.25, 0.3) is 5.91 Å². The number of ether oxygens (including phenoxy) is 1. The molecule has 1 aliphatic heterocycles. The van der Waals surface area contributed by atoms with Gasteiger partial charge in [0.1, 0.15) is 16.9 Å². The summed E-state index contributed by atoms with van der Waals surface area (Å²) in [7, 11) is 1.65. The number of hydrogen-bond acceptors (Lipinski definition) is 4. The second-order valence-corrected chi connectivity index (χ2v) is 10.5. The Bertz CT molecular complexity index is 900. The van der Waals surface area contributed by atoms with Crippen LogP contribution in [-0.2, 0) is 12.8 Å². The van der Waals surface area contributed by atoms with Gasteiger partial charge in [0.05, 0.1) is 12.7 Å². The summed E-state index contributed by atoms with van der Waals surface area (Å²) in [6.07, 6.45) is 2.91. The maximum Gasteiger partial charge on any atom is 0.256 e. The summed E-state index contributed by atoms with van der Waals surface area (Å²) in [5.74, 6) is 1.44. The van der Waals surface area contributed by atoms with Crippen LogP contribution in [0.15, 0.2) is 22.7 Å². The van der Waals surface area contributed by atoms with Gasteiger partial charge in [-0.2, -0.15) is 0 Å². The van der Waals surface area contributed by atoms with Gasteiger partial charge >= 0.3 is 0 Å². The Balaban J connectivity index is 1.68. The fraction of sp³-hybridized carbons (Fsp3) is 0.476. The van der Waals surface area contributed by atoms with Crippen molar-refractivity contribution in [1.29, 1.82) is 0 Å². The molecule has 2 aromatic rings. The van der Waals surface area contributed by atoms with E-state index in [1.165, 1.54) is 10.4 Å². The third-order valence-electron chi connectivity index (χ3n) is 5.77. The Hall–Kier alpha value is -1.53. The SMILES string of the molecule is COc1ccc(Br)cc1[C@@H]1NC(=O)c2c(sc3c2CC[C@H](C(C)(C)C)C3)N1. The van der Waals surface area contributed by atoms with Crippen molar-refractivity contribution in [2.24, 2.45) is 11.3 Å². The van der Waals surface area contributed by atoms with Crippen LogP contribution in [0.5, 0.6) is 5.75 Å². The smallest absolute Gasteiger partial charge is 0.256 e. The highest BCUT2D eigenvalue weighted by Gasteiger charge is 2.37. The van der Waals surface area contributed by atoms with Gasteiger partial charge in [0.15, 0.2) is 0 Å². The number of nitrogens with one attached hydrogen (secondary N) is 2. The topological polar surface area (TPSA) is 50.4 Å². The Labute approximate surface area is 172 Å². The Morgan fingerprint density at radius 2 is 2.04 bits per heavy atom. The average molecular weight is 449 g/mol. The van der Waals surface area contributed by atoms with Crippen LogP contribution in [0.4, 0.5) is 5.00 Å². The molecule has 4 nitrogen and oxygen atoms in total. The molecule has 0 bridgehead atoms. The first kappa shape index (κ1) is 18.8. The van der Waals surface area contributed by atoms with Crippen LogP contribution < -0.4 is 15.4 Å². The Morgan fingerprint density at radius 1 is 1.26 bits per heavy atom. The number of benzene rings is 1. The monoisotopic (exact) mass is 448 g/mol. The van der Waals surface area contributed by atoms with E-state index in [4.69, 9.17) is 4.74 Å². The summed E-state index contributed by atoms with van der Waals surface area (Å²) in [5.41, 5.74) is 3.32. The van der Waals surface area contributed by atoms with Crippen LogP contribution in [0, 0.1) is 11.3 Å². The van der Waals surface area contributed by atoms with Gasteiger partial charge in [-0.1, -0.05) is 36.7 Å².